The van der Waals surface area contributed by atoms with Crippen molar-refractivity contribution in [1.29, 1.82) is 0 Å². The van der Waals surface area contributed by atoms with E-state index in [1.807, 2.05) is 73.2 Å². The molecule has 31 heavy (non-hydrogen) atoms. The lowest BCUT2D eigenvalue weighted by molar-refractivity contribution is -0.179. The molecular formula is C23H25ClN4O3. The number of ether oxygens (including phenoxy) is 1. The molecule has 2 aromatic carbocycles. The number of benzene rings is 2. The van der Waals surface area contributed by atoms with Crippen molar-refractivity contribution >= 4 is 23.2 Å². The first-order chi connectivity index (χ1) is 14.9. The number of rotatable bonds is 7. The molecule has 2 unspecified atom stereocenters. The predicted molar refractivity (Wildman–Crippen MR) is 119 cm³/mol. The second-order valence-corrected chi connectivity index (χ2v) is 8.16. The first-order valence-corrected chi connectivity index (χ1v) is 10.5. The zero-order chi connectivity index (χ0) is 21.8. The molecule has 1 N–H and O–H groups in total. The number of halogens is 1. The summed E-state index contributed by atoms with van der Waals surface area (Å²) in [6, 6.07) is 15.2. The maximum atomic E-state index is 11.2. The molecule has 1 fully saturated rings. The minimum Gasteiger partial charge on any atom is -0.491 e. The van der Waals surface area contributed by atoms with E-state index in [0.29, 0.717) is 18.2 Å². The van der Waals surface area contributed by atoms with E-state index in [0.717, 1.165) is 23.4 Å². The van der Waals surface area contributed by atoms with E-state index >= 15 is 0 Å². The standard InChI is InChI=1S/C23H25ClN4O3/c1-17(29)26-20-7-9-21(10-8-20)30-14-22-13-23(27(2)31-22,15-28-12-11-25-16-28)18-3-5-19(24)6-4-18/h3-12,16,22H,13-15H2,1-2H3,(H,26,29). The summed E-state index contributed by atoms with van der Waals surface area (Å²) in [5.41, 5.74) is 1.48. The number of likely N-dealkylation sites (N-methyl/N-ethyl adjacent to an activating group) is 1. The van der Waals surface area contributed by atoms with Gasteiger partial charge < -0.3 is 14.6 Å². The number of nitrogens with zero attached hydrogens (tertiary/aromatic N) is 3. The molecule has 0 spiro atoms. The summed E-state index contributed by atoms with van der Waals surface area (Å²) in [5.74, 6) is 0.617. The smallest absolute Gasteiger partial charge is 0.221 e. The second-order valence-electron chi connectivity index (χ2n) is 7.72. The number of hydrogen-bond acceptors (Lipinski definition) is 5. The Bertz CT molecular complexity index is 1010. The number of aromatic nitrogens is 2. The number of nitrogens with one attached hydrogen (secondary N) is 1. The van der Waals surface area contributed by atoms with Gasteiger partial charge in [0.25, 0.3) is 0 Å². The molecule has 1 aliphatic rings. The van der Waals surface area contributed by atoms with Crippen molar-refractivity contribution in [3.63, 3.8) is 0 Å². The number of amides is 1. The molecule has 0 aliphatic carbocycles. The highest BCUT2D eigenvalue weighted by molar-refractivity contribution is 6.30. The Morgan fingerprint density at radius 1 is 1.26 bits per heavy atom. The first kappa shape index (κ1) is 21.4. The maximum Gasteiger partial charge on any atom is 0.221 e. The lowest BCUT2D eigenvalue weighted by atomic mass is 9.85. The van der Waals surface area contributed by atoms with Crippen LogP contribution in [0.25, 0.3) is 0 Å². The second kappa shape index (κ2) is 9.09. The number of carbonyl (C=O) groups excluding carboxylic acids is 1. The van der Waals surface area contributed by atoms with Crippen LogP contribution in [0.2, 0.25) is 5.02 Å². The number of hydrogen-bond donors (Lipinski definition) is 1. The lowest BCUT2D eigenvalue weighted by Crippen LogP contribution is -2.41. The summed E-state index contributed by atoms with van der Waals surface area (Å²) in [6.07, 6.45) is 6.15. The fourth-order valence-corrected chi connectivity index (χ4v) is 4.11. The van der Waals surface area contributed by atoms with Crippen LogP contribution in [0, 0.1) is 0 Å². The monoisotopic (exact) mass is 440 g/mol. The molecule has 1 saturated heterocycles. The lowest BCUT2D eigenvalue weighted by Gasteiger charge is -2.34. The van der Waals surface area contributed by atoms with Gasteiger partial charge in [-0.25, -0.2) is 4.98 Å². The van der Waals surface area contributed by atoms with Gasteiger partial charge in [0, 0.05) is 50.0 Å². The van der Waals surface area contributed by atoms with E-state index in [1.54, 1.807) is 6.20 Å². The van der Waals surface area contributed by atoms with Crippen molar-refractivity contribution in [2.24, 2.45) is 0 Å². The van der Waals surface area contributed by atoms with Crippen LogP contribution >= 0.6 is 11.6 Å². The Morgan fingerprint density at radius 3 is 2.65 bits per heavy atom. The van der Waals surface area contributed by atoms with Gasteiger partial charge in [-0.3, -0.25) is 9.63 Å². The van der Waals surface area contributed by atoms with Crippen molar-refractivity contribution in [3.8, 4) is 5.75 Å². The highest BCUT2D eigenvalue weighted by Crippen LogP contribution is 2.41. The van der Waals surface area contributed by atoms with Crippen LogP contribution in [-0.2, 0) is 21.7 Å². The fourth-order valence-electron chi connectivity index (χ4n) is 3.98. The number of anilines is 1. The van der Waals surface area contributed by atoms with Gasteiger partial charge in [-0.2, -0.15) is 5.06 Å². The topological polar surface area (TPSA) is 68.6 Å². The van der Waals surface area contributed by atoms with E-state index in [-0.39, 0.29) is 17.6 Å². The summed E-state index contributed by atoms with van der Waals surface area (Å²) >= 11 is 6.12. The zero-order valence-corrected chi connectivity index (χ0v) is 18.2. The third-order valence-electron chi connectivity index (χ3n) is 5.47. The van der Waals surface area contributed by atoms with Crippen LogP contribution in [0.15, 0.2) is 67.3 Å². The minimum atomic E-state index is -0.380. The van der Waals surface area contributed by atoms with Crippen LogP contribution in [0.5, 0.6) is 5.75 Å². The molecule has 0 bridgehead atoms. The quantitative estimate of drug-likeness (QED) is 0.599. The Morgan fingerprint density at radius 2 is 2.00 bits per heavy atom. The summed E-state index contributed by atoms with van der Waals surface area (Å²) in [7, 11) is 1.95. The van der Waals surface area contributed by atoms with Gasteiger partial charge >= 0.3 is 0 Å². The molecule has 1 aromatic heterocycles. The van der Waals surface area contributed by atoms with Crippen LogP contribution in [0.4, 0.5) is 5.69 Å². The molecular weight excluding hydrogens is 416 g/mol. The highest BCUT2D eigenvalue weighted by Gasteiger charge is 2.47. The van der Waals surface area contributed by atoms with Gasteiger partial charge in [-0.1, -0.05) is 23.7 Å². The van der Waals surface area contributed by atoms with Crippen molar-refractivity contribution in [3.05, 3.63) is 77.8 Å². The van der Waals surface area contributed by atoms with Gasteiger partial charge in [0.2, 0.25) is 5.91 Å². The Labute approximate surface area is 186 Å². The normalized spacial score (nSPS) is 21.2. The molecule has 0 radical (unpaired) electrons. The van der Waals surface area contributed by atoms with Crippen molar-refractivity contribution in [2.75, 3.05) is 19.0 Å². The Kier molecular flexibility index (Phi) is 6.27. The molecule has 2 heterocycles. The molecule has 7 nitrogen and oxygen atoms in total. The largest absolute Gasteiger partial charge is 0.491 e. The molecule has 1 amide bonds. The SMILES string of the molecule is CC(=O)Nc1ccc(OCC2CC(Cn3ccnc3)(c3ccc(Cl)cc3)N(C)O2)cc1. The molecule has 3 aromatic rings. The van der Waals surface area contributed by atoms with E-state index < -0.39 is 0 Å². The number of imidazole rings is 1. The summed E-state index contributed by atoms with van der Waals surface area (Å²) in [6.45, 7) is 2.57. The average molecular weight is 441 g/mol. The van der Waals surface area contributed by atoms with E-state index in [2.05, 4.69) is 14.9 Å². The van der Waals surface area contributed by atoms with Gasteiger partial charge in [0.05, 0.1) is 11.9 Å². The van der Waals surface area contributed by atoms with Gasteiger partial charge in [0.1, 0.15) is 18.5 Å². The van der Waals surface area contributed by atoms with Crippen molar-refractivity contribution in [1.82, 2.24) is 14.6 Å². The zero-order valence-electron chi connectivity index (χ0n) is 17.5. The Balaban J connectivity index is 1.48. The molecule has 162 valence electrons. The molecule has 2 atom stereocenters. The summed E-state index contributed by atoms with van der Waals surface area (Å²) in [4.78, 5) is 21.5. The molecule has 0 saturated carbocycles. The van der Waals surface area contributed by atoms with E-state index in [1.165, 1.54) is 6.92 Å². The van der Waals surface area contributed by atoms with Gasteiger partial charge in [0.15, 0.2) is 0 Å². The fraction of sp³-hybridized carbons (Fsp3) is 0.304. The van der Waals surface area contributed by atoms with Crippen molar-refractivity contribution < 1.29 is 14.4 Å². The molecule has 4 rings (SSSR count). The van der Waals surface area contributed by atoms with Crippen LogP contribution in [0.1, 0.15) is 18.9 Å². The van der Waals surface area contributed by atoms with Gasteiger partial charge in [-0.05, 0) is 42.0 Å². The number of carbonyl (C=O) groups is 1. The van der Waals surface area contributed by atoms with Crippen molar-refractivity contribution in [2.45, 2.75) is 31.5 Å². The van der Waals surface area contributed by atoms with Crippen LogP contribution in [0.3, 0.4) is 0 Å². The third-order valence-corrected chi connectivity index (χ3v) is 5.72. The minimum absolute atomic E-state index is 0.104. The van der Waals surface area contributed by atoms with Gasteiger partial charge in [-0.15, -0.1) is 0 Å². The predicted octanol–water partition coefficient (Wildman–Crippen LogP) is 4.11. The average Bonchev–Trinajstić information content (AvgIpc) is 3.36. The summed E-state index contributed by atoms with van der Waals surface area (Å²) in [5, 5.41) is 5.37. The van der Waals surface area contributed by atoms with Crippen LogP contribution in [-0.4, -0.2) is 40.3 Å². The molecule has 1 aliphatic heterocycles. The summed E-state index contributed by atoms with van der Waals surface area (Å²) < 4.78 is 8.03. The molecule has 8 heteroatoms. The van der Waals surface area contributed by atoms with E-state index in [9.17, 15) is 4.79 Å². The Hall–Kier alpha value is -2.87. The highest BCUT2D eigenvalue weighted by atomic mass is 35.5. The third kappa shape index (κ3) is 4.90. The van der Waals surface area contributed by atoms with Crippen LogP contribution < -0.4 is 10.1 Å². The maximum absolute atomic E-state index is 11.2. The first-order valence-electron chi connectivity index (χ1n) is 10.1. The number of hydroxylamine groups is 2. The van der Waals surface area contributed by atoms with E-state index in [4.69, 9.17) is 21.2 Å².